The molecule has 0 aromatic rings. The van der Waals surface area contributed by atoms with Crippen LogP contribution in [-0.4, -0.2) is 71.1 Å². The number of aliphatic hydroxyl groups is 1. The first-order valence-corrected chi connectivity index (χ1v) is 21.7. The lowest BCUT2D eigenvalue weighted by molar-refractivity contribution is -0.161. The smallest absolute Gasteiger partial charge is 0.472 e. The molecule has 0 amide bonds. The summed E-state index contributed by atoms with van der Waals surface area (Å²) in [7, 11) is -4.73. The number of ether oxygens (including phenoxy) is 2. The van der Waals surface area contributed by atoms with E-state index in [0.29, 0.717) is 25.7 Å². The second-order valence-electron chi connectivity index (χ2n) is 13.6. The summed E-state index contributed by atoms with van der Waals surface area (Å²) in [6.07, 6.45) is 35.3. The number of hydrogen-bond acceptors (Lipinski definition) is 10. The topological polar surface area (TPSA) is 192 Å². The standard InChI is InChI=1S/C41H72NO11P/c1-3-5-6-7-8-9-10-15-18-21-24-27-31-39(44)50-33-37(34-51-54(48,49)52-35-38(42)41(46)47)53-40(45)32-28-25-22-19-16-13-11-12-14-17-20-23-26-30-36(43)29-4-2/h11,13-14,17,19,22-23,26,36-38,43H,3-10,12,15-16,18,20-21,24-25,27-35,42H2,1-2H3,(H,46,47)(H,48,49)/b13-11-,17-14-,22-19-,26-23-/t36?,37-,38+/m1/s1. The van der Waals surface area contributed by atoms with Crippen molar-refractivity contribution in [1.82, 2.24) is 0 Å². The van der Waals surface area contributed by atoms with Gasteiger partial charge < -0.3 is 30.3 Å². The van der Waals surface area contributed by atoms with Crippen molar-refractivity contribution in [2.24, 2.45) is 5.73 Å². The Balaban J connectivity index is 4.53. The van der Waals surface area contributed by atoms with E-state index in [4.69, 9.17) is 24.8 Å². The summed E-state index contributed by atoms with van der Waals surface area (Å²) in [5.41, 5.74) is 5.31. The fourth-order valence-corrected chi connectivity index (χ4v) is 5.97. The minimum atomic E-state index is -4.73. The number of carboxylic acid groups (broad SMARTS) is 1. The molecule has 2 unspecified atom stereocenters. The Kier molecular flexibility index (Phi) is 34.3. The Bertz CT molecular complexity index is 1120. The molecular weight excluding hydrogens is 713 g/mol. The zero-order valence-corrected chi connectivity index (χ0v) is 34.1. The third-order valence-electron chi connectivity index (χ3n) is 8.39. The number of aliphatic carboxylic acids is 1. The molecule has 0 heterocycles. The number of unbranched alkanes of at least 4 members (excludes halogenated alkanes) is 12. The lowest BCUT2D eigenvalue weighted by Gasteiger charge is -2.20. The maximum atomic E-state index is 12.6. The van der Waals surface area contributed by atoms with E-state index in [1.165, 1.54) is 51.4 Å². The molecule has 0 aliphatic heterocycles. The third kappa shape index (κ3) is 35.1. The van der Waals surface area contributed by atoms with E-state index in [1.807, 2.05) is 18.2 Å². The Morgan fingerprint density at radius 3 is 1.70 bits per heavy atom. The molecule has 0 aliphatic rings. The van der Waals surface area contributed by atoms with Crippen LogP contribution < -0.4 is 5.73 Å². The number of carbonyl (C=O) groups excluding carboxylic acids is 2. The number of carbonyl (C=O) groups is 3. The zero-order chi connectivity index (χ0) is 40.1. The summed E-state index contributed by atoms with van der Waals surface area (Å²) >= 11 is 0. The maximum Gasteiger partial charge on any atom is 0.472 e. The minimum absolute atomic E-state index is 0.0705. The predicted molar refractivity (Wildman–Crippen MR) is 214 cm³/mol. The van der Waals surface area contributed by atoms with Crippen LogP contribution in [0.2, 0.25) is 0 Å². The fraction of sp³-hybridized carbons (Fsp3) is 0.732. The lowest BCUT2D eigenvalue weighted by Crippen LogP contribution is -2.34. The normalized spacial score (nSPS) is 14.9. The van der Waals surface area contributed by atoms with Gasteiger partial charge in [0.05, 0.1) is 19.3 Å². The zero-order valence-electron chi connectivity index (χ0n) is 33.2. The molecule has 12 nitrogen and oxygen atoms in total. The number of hydrogen-bond donors (Lipinski definition) is 4. The number of phosphoric ester groups is 1. The molecule has 54 heavy (non-hydrogen) atoms. The van der Waals surface area contributed by atoms with Crippen molar-refractivity contribution in [2.75, 3.05) is 19.8 Å². The first kappa shape index (κ1) is 51.4. The monoisotopic (exact) mass is 785 g/mol. The highest BCUT2D eigenvalue weighted by Crippen LogP contribution is 2.43. The molecule has 0 saturated heterocycles. The average Bonchev–Trinajstić information content (AvgIpc) is 3.13. The van der Waals surface area contributed by atoms with E-state index in [9.17, 15) is 28.9 Å². The van der Waals surface area contributed by atoms with Crippen molar-refractivity contribution >= 4 is 25.7 Å². The molecule has 5 N–H and O–H groups in total. The van der Waals surface area contributed by atoms with Gasteiger partial charge in [0.25, 0.3) is 0 Å². The third-order valence-corrected chi connectivity index (χ3v) is 9.34. The summed E-state index contributed by atoms with van der Waals surface area (Å²) in [6, 6.07) is -1.54. The lowest BCUT2D eigenvalue weighted by atomic mass is 10.0. The second kappa shape index (κ2) is 36.1. The highest BCUT2D eigenvalue weighted by Gasteiger charge is 2.28. The second-order valence-corrected chi connectivity index (χ2v) is 15.1. The van der Waals surface area contributed by atoms with Gasteiger partial charge in [-0.1, -0.05) is 140 Å². The molecule has 0 radical (unpaired) electrons. The van der Waals surface area contributed by atoms with Crippen LogP contribution in [0, 0.1) is 0 Å². The first-order chi connectivity index (χ1) is 26.0. The molecule has 0 aliphatic carbocycles. The molecule has 0 spiro atoms. The molecule has 0 bridgehead atoms. The molecule has 0 saturated carbocycles. The molecular formula is C41H72NO11P. The highest BCUT2D eigenvalue weighted by molar-refractivity contribution is 7.47. The van der Waals surface area contributed by atoms with Gasteiger partial charge in [0.1, 0.15) is 12.6 Å². The number of allylic oxidation sites excluding steroid dienone is 7. The van der Waals surface area contributed by atoms with Gasteiger partial charge in [0, 0.05) is 12.8 Å². The van der Waals surface area contributed by atoms with Crippen molar-refractivity contribution in [2.45, 2.75) is 173 Å². The fourth-order valence-electron chi connectivity index (χ4n) is 5.19. The van der Waals surface area contributed by atoms with Crippen LogP contribution in [0.1, 0.15) is 155 Å². The molecule has 0 aromatic heterocycles. The average molecular weight is 786 g/mol. The molecule has 0 fully saturated rings. The molecule has 0 rings (SSSR count). The number of phosphoric acid groups is 1. The van der Waals surface area contributed by atoms with Gasteiger partial charge in [-0.15, -0.1) is 0 Å². The molecule has 0 aromatic carbocycles. The van der Waals surface area contributed by atoms with Crippen LogP contribution in [0.3, 0.4) is 0 Å². The van der Waals surface area contributed by atoms with E-state index >= 15 is 0 Å². The van der Waals surface area contributed by atoms with Crippen LogP contribution in [0.25, 0.3) is 0 Å². The number of aliphatic hydroxyl groups excluding tert-OH is 1. The SMILES string of the molecule is CCCCCCCCCCCCCCC(=O)OC[C@H](COP(=O)(O)OC[C@H](N)C(=O)O)OC(=O)CCC/C=C\C/C=C\C/C=C\C/C=C\CC(O)CCC. The number of esters is 2. The van der Waals surface area contributed by atoms with Crippen molar-refractivity contribution < 1.29 is 52.6 Å². The van der Waals surface area contributed by atoms with Gasteiger partial charge >= 0.3 is 25.7 Å². The van der Waals surface area contributed by atoms with Crippen molar-refractivity contribution in [3.8, 4) is 0 Å². The first-order valence-electron chi connectivity index (χ1n) is 20.2. The van der Waals surface area contributed by atoms with Crippen molar-refractivity contribution in [3.05, 3.63) is 48.6 Å². The van der Waals surface area contributed by atoms with E-state index in [0.717, 1.165) is 51.4 Å². The van der Waals surface area contributed by atoms with Crippen LogP contribution in [0.15, 0.2) is 48.6 Å². The van der Waals surface area contributed by atoms with E-state index in [1.54, 1.807) is 0 Å². The Labute approximate surface area is 325 Å². The van der Waals surface area contributed by atoms with Gasteiger partial charge in [0.2, 0.25) is 0 Å². The summed E-state index contributed by atoms with van der Waals surface area (Å²) in [5, 5.41) is 18.6. The van der Waals surface area contributed by atoms with Gasteiger partial charge in [0.15, 0.2) is 6.10 Å². The number of nitrogens with two attached hydrogens (primary N) is 1. The summed E-state index contributed by atoms with van der Waals surface area (Å²) in [5.74, 6) is -2.48. The largest absolute Gasteiger partial charge is 0.480 e. The minimum Gasteiger partial charge on any atom is -0.480 e. The van der Waals surface area contributed by atoms with Gasteiger partial charge in [-0.3, -0.25) is 23.4 Å². The molecule has 312 valence electrons. The summed E-state index contributed by atoms with van der Waals surface area (Å²) in [6.45, 7) is 2.52. The van der Waals surface area contributed by atoms with Crippen molar-refractivity contribution in [1.29, 1.82) is 0 Å². The molecule has 13 heteroatoms. The highest BCUT2D eigenvalue weighted by atomic mass is 31.2. The van der Waals surface area contributed by atoms with E-state index < -0.39 is 51.1 Å². The quantitative estimate of drug-likeness (QED) is 0.0202. The Morgan fingerprint density at radius 1 is 0.648 bits per heavy atom. The summed E-state index contributed by atoms with van der Waals surface area (Å²) in [4.78, 5) is 45.8. The summed E-state index contributed by atoms with van der Waals surface area (Å²) < 4.78 is 32.5. The van der Waals surface area contributed by atoms with Crippen molar-refractivity contribution in [3.63, 3.8) is 0 Å². The van der Waals surface area contributed by atoms with Crippen LogP contribution in [-0.2, 0) is 37.5 Å². The maximum absolute atomic E-state index is 12.6. The van der Waals surface area contributed by atoms with Gasteiger partial charge in [-0.25, -0.2) is 4.57 Å². The van der Waals surface area contributed by atoms with E-state index in [-0.39, 0.29) is 25.6 Å². The Morgan fingerprint density at radius 2 is 1.15 bits per heavy atom. The van der Waals surface area contributed by atoms with Gasteiger partial charge in [-0.05, 0) is 51.4 Å². The predicted octanol–water partition coefficient (Wildman–Crippen LogP) is 9.19. The molecule has 4 atom stereocenters. The van der Waals surface area contributed by atoms with Gasteiger partial charge in [-0.2, -0.15) is 0 Å². The van der Waals surface area contributed by atoms with Crippen LogP contribution >= 0.6 is 7.82 Å². The Hall–Kier alpha value is -2.60. The number of carboxylic acids is 1. The van der Waals surface area contributed by atoms with E-state index in [2.05, 4.69) is 48.8 Å². The number of rotatable bonds is 37. The van der Waals surface area contributed by atoms with Crippen LogP contribution in [0.4, 0.5) is 0 Å². The van der Waals surface area contributed by atoms with Crippen LogP contribution in [0.5, 0.6) is 0 Å².